The minimum absolute atomic E-state index is 0.139. The van der Waals surface area contributed by atoms with Gasteiger partial charge in [0.1, 0.15) is 5.75 Å². The van der Waals surface area contributed by atoms with Crippen LogP contribution in [0, 0.1) is 0 Å². The predicted octanol–water partition coefficient (Wildman–Crippen LogP) is 3.95. The van der Waals surface area contributed by atoms with E-state index in [0.717, 1.165) is 5.56 Å². The van der Waals surface area contributed by atoms with Crippen molar-refractivity contribution in [3.63, 3.8) is 0 Å². The fourth-order valence-electron chi connectivity index (χ4n) is 2.66. The summed E-state index contributed by atoms with van der Waals surface area (Å²) >= 11 is 2.41. The van der Waals surface area contributed by atoms with Crippen LogP contribution in [-0.2, 0) is 9.59 Å². The number of para-hydroxylation sites is 2. The summed E-state index contributed by atoms with van der Waals surface area (Å²) in [6.07, 6.45) is 3.03. The van der Waals surface area contributed by atoms with Gasteiger partial charge in [-0.05, 0) is 35.9 Å². The van der Waals surface area contributed by atoms with Crippen molar-refractivity contribution in [3.05, 3.63) is 54.1 Å². The minimum Gasteiger partial charge on any atom is -0.495 e. The number of anilines is 2. The second kappa shape index (κ2) is 11.9. The summed E-state index contributed by atoms with van der Waals surface area (Å²) in [5, 5.41) is 13.7. The first kappa shape index (κ1) is 24.1. The summed E-state index contributed by atoms with van der Waals surface area (Å²) in [5.74, 6) is 1.34. The van der Waals surface area contributed by atoms with Crippen molar-refractivity contribution < 1.29 is 23.8 Å². The molecule has 0 aliphatic rings. The van der Waals surface area contributed by atoms with Gasteiger partial charge in [-0.25, -0.2) is 0 Å². The zero-order valence-corrected chi connectivity index (χ0v) is 19.8. The van der Waals surface area contributed by atoms with Gasteiger partial charge in [0.15, 0.2) is 15.8 Å². The van der Waals surface area contributed by atoms with Crippen LogP contribution >= 0.6 is 23.1 Å². The van der Waals surface area contributed by atoms with Gasteiger partial charge in [0, 0.05) is 6.08 Å². The van der Waals surface area contributed by atoms with E-state index >= 15 is 0 Å². The number of hydrogen-bond acceptors (Lipinski definition) is 9. The number of carbonyl (C=O) groups excluding carboxylic acids is 2. The van der Waals surface area contributed by atoms with E-state index in [1.807, 2.05) is 12.1 Å². The zero-order valence-electron chi connectivity index (χ0n) is 18.2. The van der Waals surface area contributed by atoms with Gasteiger partial charge in [0.2, 0.25) is 16.9 Å². The van der Waals surface area contributed by atoms with Crippen molar-refractivity contribution in [2.45, 2.75) is 4.34 Å². The summed E-state index contributed by atoms with van der Waals surface area (Å²) in [4.78, 5) is 24.4. The van der Waals surface area contributed by atoms with Crippen LogP contribution in [0.3, 0.4) is 0 Å². The highest BCUT2D eigenvalue weighted by Crippen LogP contribution is 2.29. The first-order chi connectivity index (χ1) is 16.0. The van der Waals surface area contributed by atoms with Crippen LogP contribution < -0.4 is 24.8 Å². The third kappa shape index (κ3) is 6.96. The summed E-state index contributed by atoms with van der Waals surface area (Å²) < 4.78 is 16.2. The van der Waals surface area contributed by atoms with E-state index in [0.29, 0.717) is 32.4 Å². The predicted molar refractivity (Wildman–Crippen MR) is 129 cm³/mol. The molecule has 1 aromatic heterocycles. The van der Waals surface area contributed by atoms with Crippen molar-refractivity contribution in [1.29, 1.82) is 0 Å². The molecule has 0 aliphatic heterocycles. The lowest BCUT2D eigenvalue weighted by atomic mass is 10.2. The molecule has 0 atom stereocenters. The molecule has 3 aromatic rings. The average Bonchev–Trinajstić information content (AvgIpc) is 3.28. The Hall–Kier alpha value is -3.57. The molecule has 172 valence electrons. The molecule has 0 spiro atoms. The second-order valence-electron chi connectivity index (χ2n) is 6.35. The topological polar surface area (TPSA) is 112 Å². The number of ether oxygens (including phenoxy) is 3. The number of amides is 2. The van der Waals surface area contributed by atoms with Crippen molar-refractivity contribution in [2.75, 3.05) is 37.7 Å². The Kier molecular flexibility index (Phi) is 8.67. The summed E-state index contributed by atoms with van der Waals surface area (Å²) in [7, 11) is 4.65. The fraction of sp³-hybridized carbons (Fsp3) is 0.182. The standard InChI is InChI=1S/C22H22N4O5S2/c1-29-16-7-5-4-6-15(16)23-20(28)13-32-22-26-25-21(33-22)24-19(27)11-9-14-8-10-17(30-2)18(12-14)31-3/h4-12H,13H2,1-3H3,(H,23,28)(H,24,25,27)/b11-9+. The van der Waals surface area contributed by atoms with E-state index in [1.54, 1.807) is 57.7 Å². The molecular formula is C22H22N4O5S2. The molecular weight excluding hydrogens is 464 g/mol. The number of benzene rings is 2. The number of aromatic nitrogens is 2. The molecule has 2 N–H and O–H groups in total. The normalized spacial score (nSPS) is 10.6. The van der Waals surface area contributed by atoms with Crippen LogP contribution in [0.4, 0.5) is 10.8 Å². The van der Waals surface area contributed by atoms with E-state index in [-0.39, 0.29) is 17.6 Å². The first-order valence-corrected chi connectivity index (χ1v) is 11.4. The average molecular weight is 487 g/mol. The second-order valence-corrected chi connectivity index (χ2v) is 8.55. The van der Waals surface area contributed by atoms with Gasteiger partial charge < -0.3 is 19.5 Å². The molecule has 0 saturated carbocycles. The maximum Gasteiger partial charge on any atom is 0.250 e. The van der Waals surface area contributed by atoms with E-state index in [2.05, 4.69) is 20.8 Å². The lowest BCUT2D eigenvalue weighted by molar-refractivity contribution is -0.114. The minimum atomic E-state index is -0.355. The highest BCUT2D eigenvalue weighted by atomic mass is 32.2. The van der Waals surface area contributed by atoms with Gasteiger partial charge in [0.25, 0.3) is 0 Å². The quantitative estimate of drug-likeness (QED) is 0.252. The van der Waals surface area contributed by atoms with Crippen LogP contribution in [0.5, 0.6) is 17.2 Å². The lowest BCUT2D eigenvalue weighted by Crippen LogP contribution is -2.14. The summed E-state index contributed by atoms with van der Waals surface area (Å²) in [5.41, 5.74) is 1.37. The number of carbonyl (C=O) groups is 2. The van der Waals surface area contributed by atoms with Crippen LogP contribution in [-0.4, -0.2) is 49.1 Å². The van der Waals surface area contributed by atoms with Crippen LogP contribution in [0.2, 0.25) is 0 Å². The molecule has 0 saturated heterocycles. The molecule has 0 unspecified atom stereocenters. The number of hydrogen-bond donors (Lipinski definition) is 2. The maximum atomic E-state index is 12.2. The summed E-state index contributed by atoms with van der Waals surface area (Å²) in [6, 6.07) is 12.5. The molecule has 2 amide bonds. The smallest absolute Gasteiger partial charge is 0.250 e. The first-order valence-electron chi connectivity index (χ1n) is 9.62. The Morgan fingerprint density at radius 1 is 0.970 bits per heavy atom. The number of thioether (sulfide) groups is 1. The molecule has 9 nitrogen and oxygen atoms in total. The van der Waals surface area contributed by atoms with Gasteiger partial charge in [-0.1, -0.05) is 41.3 Å². The third-order valence-electron chi connectivity index (χ3n) is 4.18. The van der Waals surface area contributed by atoms with Gasteiger partial charge in [0.05, 0.1) is 32.8 Å². The monoisotopic (exact) mass is 486 g/mol. The molecule has 3 rings (SSSR count). The Balaban J connectivity index is 1.50. The Morgan fingerprint density at radius 3 is 2.48 bits per heavy atom. The zero-order chi connectivity index (χ0) is 23.6. The van der Waals surface area contributed by atoms with Crippen LogP contribution in [0.15, 0.2) is 52.9 Å². The lowest BCUT2D eigenvalue weighted by Gasteiger charge is -2.08. The largest absolute Gasteiger partial charge is 0.495 e. The third-order valence-corrected chi connectivity index (χ3v) is 6.15. The highest BCUT2D eigenvalue weighted by molar-refractivity contribution is 8.01. The fourth-order valence-corrected chi connectivity index (χ4v) is 4.21. The van der Waals surface area contributed by atoms with Gasteiger partial charge in [-0.2, -0.15) is 0 Å². The van der Waals surface area contributed by atoms with Crippen molar-refractivity contribution >= 4 is 51.8 Å². The number of rotatable bonds is 10. The van der Waals surface area contributed by atoms with Crippen molar-refractivity contribution in [1.82, 2.24) is 10.2 Å². The van der Waals surface area contributed by atoms with Gasteiger partial charge in [-0.3, -0.25) is 14.9 Å². The molecule has 1 heterocycles. The Morgan fingerprint density at radius 2 is 1.73 bits per heavy atom. The molecule has 0 fully saturated rings. The Bertz CT molecular complexity index is 1150. The van der Waals surface area contributed by atoms with E-state index < -0.39 is 0 Å². The molecule has 2 aromatic carbocycles. The number of methoxy groups -OCH3 is 3. The van der Waals surface area contributed by atoms with Crippen LogP contribution in [0.1, 0.15) is 5.56 Å². The molecule has 0 bridgehead atoms. The van der Waals surface area contributed by atoms with Crippen molar-refractivity contribution in [2.24, 2.45) is 0 Å². The Labute approximate surface area is 199 Å². The van der Waals surface area contributed by atoms with Gasteiger partial charge >= 0.3 is 0 Å². The van der Waals surface area contributed by atoms with E-state index in [4.69, 9.17) is 14.2 Å². The highest BCUT2D eigenvalue weighted by Gasteiger charge is 2.11. The van der Waals surface area contributed by atoms with Gasteiger partial charge in [-0.15, -0.1) is 10.2 Å². The number of nitrogens with zero attached hydrogens (tertiary/aromatic N) is 2. The van der Waals surface area contributed by atoms with Crippen LogP contribution in [0.25, 0.3) is 6.08 Å². The van der Waals surface area contributed by atoms with E-state index in [9.17, 15) is 9.59 Å². The van der Waals surface area contributed by atoms with Crippen molar-refractivity contribution in [3.8, 4) is 17.2 Å². The molecule has 0 radical (unpaired) electrons. The summed E-state index contributed by atoms with van der Waals surface area (Å²) in [6.45, 7) is 0. The SMILES string of the molecule is COc1ccccc1NC(=O)CSc1nnc(NC(=O)/C=C/c2ccc(OC)c(OC)c2)s1. The maximum absolute atomic E-state index is 12.2. The number of nitrogens with one attached hydrogen (secondary N) is 2. The molecule has 0 aliphatic carbocycles. The molecule has 33 heavy (non-hydrogen) atoms. The molecule has 11 heteroatoms. The van der Waals surface area contributed by atoms with E-state index in [1.165, 1.54) is 29.2 Å².